The number of hydrogen-bond donors (Lipinski definition) is 2. The highest BCUT2D eigenvalue weighted by molar-refractivity contribution is 8.10. The second-order valence-electron chi connectivity index (χ2n) is 3.07. The van der Waals surface area contributed by atoms with E-state index in [9.17, 15) is 0 Å². The Hall–Kier alpha value is -1.32. The third-order valence-corrected chi connectivity index (χ3v) is 1.88. The van der Waals surface area contributed by atoms with Crippen LogP contribution in [0.15, 0.2) is 60.7 Å². The van der Waals surface area contributed by atoms with Crippen molar-refractivity contribution in [1.82, 2.24) is 0 Å². The summed E-state index contributed by atoms with van der Waals surface area (Å²) in [4.78, 5) is 0. The van der Waals surface area contributed by atoms with Crippen LogP contribution in [0.25, 0.3) is 11.1 Å². The fourth-order valence-corrected chi connectivity index (χ4v) is 1.26. The molecule has 2 rings (SSSR count). The molecule has 0 atom stereocenters. The van der Waals surface area contributed by atoms with Crippen LogP contribution in [0.2, 0.25) is 0 Å². The van der Waals surface area contributed by atoms with Crippen LogP contribution in [0.1, 0.15) is 0 Å². The average molecular weight is 247 g/mol. The van der Waals surface area contributed by atoms with Crippen molar-refractivity contribution in [3.8, 4) is 11.1 Å². The molecule has 0 heterocycles. The van der Waals surface area contributed by atoms with Crippen molar-refractivity contribution in [2.75, 3.05) is 0 Å². The van der Waals surface area contributed by atoms with E-state index >= 15 is 0 Å². The Bertz CT molecular complexity index is 385. The molecule has 16 heavy (non-hydrogen) atoms. The zero-order valence-corrected chi connectivity index (χ0v) is 10.4. The summed E-state index contributed by atoms with van der Waals surface area (Å²) in [6.45, 7) is 0. The summed E-state index contributed by atoms with van der Waals surface area (Å²) in [7, 11) is 0. The first kappa shape index (κ1) is 12.7. The molecule has 0 saturated heterocycles. The average Bonchev–Trinajstić information content (AvgIpc) is 2.31. The minimum Gasteiger partial charge on any atom is -0.385 e. The van der Waals surface area contributed by atoms with Crippen LogP contribution in [-0.2, 0) is 0 Å². The maximum absolute atomic E-state index is 4.71. The smallest absolute Gasteiger partial charge is 0.128 e. The van der Waals surface area contributed by atoms with Gasteiger partial charge in [0.2, 0.25) is 0 Å². The van der Waals surface area contributed by atoms with Crippen LogP contribution in [0, 0.1) is 0 Å². The second-order valence-corrected chi connectivity index (χ2v) is 4.29. The summed E-state index contributed by atoms with van der Waals surface area (Å²) < 4.78 is 0.194. The highest BCUT2D eigenvalue weighted by Gasteiger charge is 1.91. The van der Waals surface area contributed by atoms with Crippen molar-refractivity contribution in [2.24, 2.45) is 5.73 Å². The predicted molar refractivity (Wildman–Crippen MR) is 77.6 cm³/mol. The Kier molecular flexibility index (Phi) is 5.61. The molecule has 0 saturated carbocycles. The molecule has 0 aromatic heterocycles. The summed E-state index contributed by atoms with van der Waals surface area (Å²) in [6.07, 6.45) is 0. The molecule has 0 aliphatic heterocycles. The number of thiol groups is 1. The first-order valence-corrected chi connectivity index (χ1v) is 5.64. The van der Waals surface area contributed by atoms with Gasteiger partial charge in [0, 0.05) is 0 Å². The number of benzene rings is 2. The first-order valence-electron chi connectivity index (χ1n) is 4.79. The standard InChI is InChI=1S/C12H10.CH3NS2/c1-3-7-11(8-4-1)12-9-5-2-6-10-12;2-1(3)4/h1-10H;(H3,2,3,4). The molecule has 0 spiro atoms. The molecule has 2 aromatic carbocycles. The van der Waals surface area contributed by atoms with E-state index in [-0.39, 0.29) is 4.32 Å². The molecule has 2 N–H and O–H groups in total. The molecule has 0 unspecified atom stereocenters. The number of nitrogens with two attached hydrogens (primary N) is 1. The summed E-state index contributed by atoms with van der Waals surface area (Å²) in [5, 5.41) is 0. The maximum atomic E-state index is 4.71. The zero-order chi connectivity index (χ0) is 11.8. The fourth-order valence-electron chi connectivity index (χ4n) is 1.26. The molecule has 0 aliphatic rings. The van der Waals surface area contributed by atoms with Gasteiger partial charge in [-0.05, 0) is 11.1 Å². The van der Waals surface area contributed by atoms with Gasteiger partial charge in [0.1, 0.15) is 4.32 Å². The predicted octanol–water partition coefficient (Wildman–Crippen LogP) is 3.51. The van der Waals surface area contributed by atoms with E-state index in [0.29, 0.717) is 0 Å². The Morgan fingerprint density at radius 3 is 1.31 bits per heavy atom. The third kappa shape index (κ3) is 4.96. The lowest BCUT2D eigenvalue weighted by atomic mass is 10.1. The van der Waals surface area contributed by atoms with Crippen LogP contribution < -0.4 is 5.73 Å². The molecule has 0 fully saturated rings. The van der Waals surface area contributed by atoms with Gasteiger partial charge in [-0.2, -0.15) is 0 Å². The van der Waals surface area contributed by atoms with Gasteiger partial charge in [0.05, 0.1) is 0 Å². The van der Waals surface area contributed by atoms with Crippen molar-refractivity contribution < 1.29 is 0 Å². The van der Waals surface area contributed by atoms with E-state index < -0.39 is 0 Å². The normalized spacial score (nSPS) is 8.81. The molecule has 3 heteroatoms. The molecule has 2 aromatic rings. The molecule has 0 bridgehead atoms. The van der Waals surface area contributed by atoms with Gasteiger partial charge >= 0.3 is 0 Å². The van der Waals surface area contributed by atoms with Gasteiger partial charge in [0.15, 0.2) is 0 Å². The minimum absolute atomic E-state index is 0.194. The van der Waals surface area contributed by atoms with Gasteiger partial charge in [-0.3, -0.25) is 0 Å². The van der Waals surface area contributed by atoms with Gasteiger partial charge in [-0.1, -0.05) is 72.9 Å². The van der Waals surface area contributed by atoms with Crippen LogP contribution in [-0.4, -0.2) is 4.32 Å². The topological polar surface area (TPSA) is 26.0 Å². The van der Waals surface area contributed by atoms with E-state index in [1.165, 1.54) is 11.1 Å². The molecule has 0 radical (unpaired) electrons. The highest BCUT2D eigenvalue weighted by atomic mass is 32.1. The largest absolute Gasteiger partial charge is 0.385 e. The van der Waals surface area contributed by atoms with E-state index in [4.69, 9.17) is 5.73 Å². The van der Waals surface area contributed by atoms with Crippen LogP contribution in [0.4, 0.5) is 0 Å². The summed E-state index contributed by atoms with van der Waals surface area (Å²) in [6, 6.07) is 20.8. The maximum Gasteiger partial charge on any atom is 0.128 e. The minimum atomic E-state index is 0.194. The van der Waals surface area contributed by atoms with Gasteiger partial charge < -0.3 is 5.73 Å². The van der Waals surface area contributed by atoms with Gasteiger partial charge in [-0.25, -0.2) is 0 Å². The van der Waals surface area contributed by atoms with Crippen molar-refractivity contribution in [3.63, 3.8) is 0 Å². The zero-order valence-electron chi connectivity index (χ0n) is 8.71. The lowest BCUT2D eigenvalue weighted by Crippen LogP contribution is -1.94. The Morgan fingerprint density at radius 2 is 1.06 bits per heavy atom. The van der Waals surface area contributed by atoms with Crippen molar-refractivity contribution in [1.29, 1.82) is 0 Å². The van der Waals surface area contributed by atoms with Gasteiger partial charge in [-0.15, -0.1) is 12.6 Å². The van der Waals surface area contributed by atoms with Gasteiger partial charge in [0.25, 0.3) is 0 Å². The molecule has 0 aliphatic carbocycles. The van der Waals surface area contributed by atoms with Crippen LogP contribution in [0.5, 0.6) is 0 Å². The number of rotatable bonds is 1. The Labute approximate surface area is 107 Å². The van der Waals surface area contributed by atoms with E-state index in [0.717, 1.165) is 0 Å². The summed E-state index contributed by atoms with van der Waals surface area (Å²) >= 11 is 7.65. The van der Waals surface area contributed by atoms with Crippen molar-refractivity contribution >= 4 is 29.2 Å². The van der Waals surface area contributed by atoms with E-state index in [1.54, 1.807) is 0 Å². The van der Waals surface area contributed by atoms with E-state index in [2.05, 4.69) is 73.4 Å². The number of hydrogen-bond acceptors (Lipinski definition) is 1. The lowest BCUT2D eigenvalue weighted by Gasteiger charge is -1.98. The third-order valence-electron chi connectivity index (χ3n) is 1.88. The first-order chi connectivity index (χ1) is 7.70. The van der Waals surface area contributed by atoms with Crippen LogP contribution in [0.3, 0.4) is 0 Å². The summed E-state index contributed by atoms with van der Waals surface area (Å²) in [5.41, 5.74) is 7.26. The molecular formula is C13H13NS2. The molecule has 82 valence electrons. The lowest BCUT2D eigenvalue weighted by molar-refractivity contribution is 1.62. The molecular weight excluding hydrogens is 234 g/mol. The Morgan fingerprint density at radius 1 is 0.812 bits per heavy atom. The van der Waals surface area contributed by atoms with Crippen molar-refractivity contribution in [3.05, 3.63) is 60.7 Å². The molecule has 0 amide bonds. The Balaban J connectivity index is 0.000000280. The van der Waals surface area contributed by atoms with Crippen LogP contribution >= 0.6 is 24.8 Å². The second kappa shape index (κ2) is 7.04. The van der Waals surface area contributed by atoms with E-state index in [1.807, 2.05) is 12.1 Å². The summed E-state index contributed by atoms with van der Waals surface area (Å²) in [5.74, 6) is 0. The highest BCUT2D eigenvalue weighted by Crippen LogP contribution is 2.17. The monoisotopic (exact) mass is 247 g/mol. The fraction of sp³-hybridized carbons (Fsp3) is 0. The van der Waals surface area contributed by atoms with Crippen molar-refractivity contribution in [2.45, 2.75) is 0 Å². The quantitative estimate of drug-likeness (QED) is 0.596. The molecule has 1 nitrogen and oxygen atoms in total. The SMILES string of the molecule is NC(=S)S.c1ccc(-c2ccccc2)cc1. The number of thiocarbonyl (C=S) groups is 1.